The van der Waals surface area contributed by atoms with E-state index >= 15 is 0 Å². The van der Waals surface area contributed by atoms with E-state index in [9.17, 15) is 0 Å². The van der Waals surface area contributed by atoms with Gasteiger partial charge in [-0.2, -0.15) is 0 Å². The molecule has 0 spiro atoms. The van der Waals surface area contributed by atoms with Crippen molar-refractivity contribution in [3.05, 3.63) is 52.8 Å². The van der Waals surface area contributed by atoms with E-state index in [4.69, 9.17) is 11.6 Å². The SMILES string of the molecule is Cc1cc(Cl)nc(N[C@@H](C)c2ccccc2)n1. The lowest BCUT2D eigenvalue weighted by atomic mass is 10.1. The maximum absolute atomic E-state index is 5.89. The summed E-state index contributed by atoms with van der Waals surface area (Å²) in [4.78, 5) is 8.44. The molecular formula is C13H14ClN3. The first-order valence-corrected chi connectivity index (χ1v) is 5.85. The molecule has 17 heavy (non-hydrogen) atoms. The van der Waals surface area contributed by atoms with Gasteiger partial charge < -0.3 is 5.32 Å². The monoisotopic (exact) mass is 247 g/mol. The van der Waals surface area contributed by atoms with Crippen LogP contribution in [-0.4, -0.2) is 9.97 Å². The summed E-state index contributed by atoms with van der Waals surface area (Å²) in [6.07, 6.45) is 0. The predicted molar refractivity (Wildman–Crippen MR) is 70.3 cm³/mol. The summed E-state index contributed by atoms with van der Waals surface area (Å²) < 4.78 is 0. The molecule has 0 aliphatic carbocycles. The van der Waals surface area contributed by atoms with Gasteiger partial charge >= 0.3 is 0 Å². The van der Waals surface area contributed by atoms with E-state index in [0.717, 1.165) is 5.69 Å². The molecule has 3 nitrogen and oxygen atoms in total. The summed E-state index contributed by atoms with van der Waals surface area (Å²) in [5, 5.41) is 3.69. The second kappa shape index (κ2) is 5.15. The van der Waals surface area contributed by atoms with Gasteiger partial charge in [-0.1, -0.05) is 41.9 Å². The fourth-order valence-electron chi connectivity index (χ4n) is 1.61. The smallest absolute Gasteiger partial charge is 0.224 e. The van der Waals surface area contributed by atoms with Crippen molar-refractivity contribution in [1.82, 2.24) is 9.97 Å². The molecule has 1 aromatic heterocycles. The van der Waals surface area contributed by atoms with Crippen molar-refractivity contribution in [3.8, 4) is 0 Å². The number of halogens is 1. The minimum absolute atomic E-state index is 0.147. The Hall–Kier alpha value is -1.61. The van der Waals surface area contributed by atoms with Crippen LogP contribution in [0, 0.1) is 6.92 Å². The number of hydrogen-bond acceptors (Lipinski definition) is 3. The Kier molecular flexibility index (Phi) is 3.59. The van der Waals surface area contributed by atoms with Crippen molar-refractivity contribution in [2.45, 2.75) is 19.9 Å². The van der Waals surface area contributed by atoms with Crippen LogP contribution in [-0.2, 0) is 0 Å². The molecule has 0 aliphatic rings. The Labute approximate surface area is 106 Å². The second-order valence-corrected chi connectivity index (χ2v) is 4.32. The Morgan fingerprint density at radius 3 is 2.53 bits per heavy atom. The summed E-state index contributed by atoms with van der Waals surface area (Å²) in [5.41, 5.74) is 2.04. The molecule has 0 saturated heterocycles. The van der Waals surface area contributed by atoms with Crippen LogP contribution in [0.1, 0.15) is 24.2 Å². The van der Waals surface area contributed by atoms with Crippen molar-refractivity contribution >= 4 is 17.5 Å². The van der Waals surface area contributed by atoms with E-state index in [-0.39, 0.29) is 6.04 Å². The van der Waals surface area contributed by atoms with Crippen molar-refractivity contribution < 1.29 is 0 Å². The van der Waals surface area contributed by atoms with E-state index < -0.39 is 0 Å². The van der Waals surface area contributed by atoms with Crippen molar-refractivity contribution in [1.29, 1.82) is 0 Å². The molecule has 2 aromatic rings. The van der Waals surface area contributed by atoms with E-state index in [1.807, 2.05) is 25.1 Å². The molecule has 4 heteroatoms. The summed E-state index contributed by atoms with van der Waals surface area (Å²) in [6, 6.07) is 12.0. The lowest BCUT2D eigenvalue weighted by Crippen LogP contribution is -2.09. The highest BCUT2D eigenvalue weighted by molar-refractivity contribution is 6.29. The van der Waals surface area contributed by atoms with Crippen LogP contribution in [0.15, 0.2) is 36.4 Å². The van der Waals surface area contributed by atoms with Gasteiger partial charge in [0, 0.05) is 5.69 Å². The van der Waals surface area contributed by atoms with Gasteiger partial charge in [-0.25, -0.2) is 9.97 Å². The minimum Gasteiger partial charge on any atom is -0.348 e. The van der Waals surface area contributed by atoms with E-state index in [2.05, 4.69) is 34.3 Å². The number of anilines is 1. The molecule has 0 unspecified atom stereocenters. The summed E-state index contributed by atoms with van der Waals surface area (Å²) in [5.74, 6) is 0.561. The van der Waals surface area contributed by atoms with Crippen molar-refractivity contribution in [2.75, 3.05) is 5.32 Å². The molecule has 0 saturated carbocycles. The first kappa shape index (κ1) is 11.9. The van der Waals surface area contributed by atoms with E-state index in [0.29, 0.717) is 11.1 Å². The third kappa shape index (κ3) is 3.17. The minimum atomic E-state index is 0.147. The molecule has 1 atom stereocenters. The molecule has 0 amide bonds. The zero-order valence-electron chi connectivity index (χ0n) is 9.81. The van der Waals surface area contributed by atoms with Crippen molar-refractivity contribution in [3.63, 3.8) is 0 Å². The van der Waals surface area contributed by atoms with Gasteiger partial charge in [0.1, 0.15) is 5.15 Å². The number of aromatic nitrogens is 2. The highest BCUT2D eigenvalue weighted by Crippen LogP contribution is 2.17. The van der Waals surface area contributed by atoms with Crippen LogP contribution in [0.4, 0.5) is 5.95 Å². The standard InChI is InChI=1S/C13H14ClN3/c1-9-8-12(14)17-13(15-9)16-10(2)11-6-4-3-5-7-11/h3-8,10H,1-2H3,(H,15,16,17)/t10-/m0/s1. The molecule has 2 rings (SSSR count). The molecule has 1 aromatic carbocycles. The number of hydrogen-bond donors (Lipinski definition) is 1. The van der Waals surface area contributed by atoms with Crippen LogP contribution in [0.5, 0.6) is 0 Å². The predicted octanol–water partition coefficient (Wildman–Crippen LogP) is 3.61. The third-order valence-corrected chi connectivity index (χ3v) is 2.66. The fourth-order valence-corrected chi connectivity index (χ4v) is 1.85. The van der Waals surface area contributed by atoms with Crippen LogP contribution >= 0.6 is 11.6 Å². The zero-order chi connectivity index (χ0) is 12.3. The molecular weight excluding hydrogens is 234 g/mol. The summed E-state index contributed by atoms with van der Waals surface area (Å²) >= 11 is 5.89. The summed E-state index contributed by atoms with van der Waals surface area (Å²) in [6.45, 7) is 3.96. The average molecular weight is 248 g/mol. The molecule has 0 bridgehead atoms. The molecule has 0 radical (unpaired) electrons. The van der Waals surface area contributed by atoms with Crippen LogP contribution in [0.2, 0.25) is 5.15 Å². The van der Waals surface area contributed by atoms with Crippen LogP contribution in [0.25, 0.3) is 0 Å². The topological polar surface area (TPSA) is 37.8 Å². The maximum atomic E-state index is 5.89. The van der Waals surface area contributed by atoms with Gasteiger partial charge in [-0.05, 0) is 25.5 Å². The van der Waals surface area contributed by atoms with Crippen LogP contribution in [0.3, 0.4) is 0 Å². The lowest BCUT2D eigenvalue weighted by Gasteiger charge is -2.14. The Morgan fingerprint density at radius 1 is 1.18 bits per heavy atom. The van der Waals surface area contributed by atoms with Gasteiger partial charge in [0.25, 0.3) is 0 Å². The molecule has 88 valence electrons. The number of benzene rings is 1. The largest absolute Gasteiger partial charge is 0.348 e. The molecule has 1 heterocycles. The molecule has 1 N–H and O–H groups in total. The molecule has 0 aliphatic heterocycles. The highest BCUT2D eigenvalue weighted by Gasteiger charge is 2.07. The fraction of sp³-hybridized carbons (Fsp3) is 0.231. The first-order valence-electron chi connectivity index (χ1n) is 5.48. The maximum Gasteiger partial charge on any atom is 0.224 e. The number of nitrogens with zero attached hydrogens (tertiary/aromatic N) is 2. The Morgan fingerprint density at radius 2 is 1.88 bits per heavy atom. The Bertz CT molecular complexity index is 479. The average Bonchev–Trinajstić information content (AvgIpc) is 2.28. The van der Waals surface area contributed by atoms with Gasteiger partial charge in [0.15, 0.2) is 0 Å². The quantitative estimate of drug-likeness (QED) is 0.842. The van der Waals surface area contributed by atoms with E-state index in [1.165, 1.54) is 5.56 Å². The summed E-state index contributed by atoms with van der Waals surface area (Å²) in [7, 11) is 0. The second-order valence-electron chi connectivity index (χ2n) is 3.93. The van der Waals surface area contributed by atoms with Gasteiger partial charge in [-0.15, -0.1) is 0 Å². The number of aryl methyl sites for hydroxylation is 1. The third-order valence-electron chi connectivity index (χ3n) is 2.47. The van der Waals surface area contributed by atoms with Crippen molar-refractivity contribution in [2.24, 2.45) is 0 Å². The lowest BCUT2D eigenvalue weighted by molar-refractivity contribution is 0.857. The van der Waals surface area contributed by atoms with Gasteiger partial charge in [-0.3, -0.25) is 0 Å². The highest BCUT2D eigenvalue weighted by atomic mass is 35.5. The zero-order valence-corrected chi connectivity index (χ0v) is 10.6. The first-order chi connectivity index (χ1) is 8.15. The normalized spacial score (nSPS) is 12.2. The number of nitrogens with one attached hydrogen (secondary N) is 1. The number of rotatable bonds is 3. The Balaban J connectivity index is 2.16. The van der Waals surface area contributed by atoms with Crippen LogP contribution < -0.4 is 5.32 Å². The molecule has 0 fully saturated rings. The van der Waals surface area contributed by atoms with E-state index in [1.54, 1.807) is 6.07 Å². The van der Waals surface area contributed by atoms with Gasteiger partial charge in [0.2, 0.25) is 5.95 Å². The van der Waals surface area contributed by atoms with Gasteiger partial charge in [0.05, 0.1) is 6.04 Å².